The maximum Gasteiger partial charge on any atom is 0.0992 e. The molecule has 1 aromatic heterocycles. The third-order valence-electron chi connectivity index (χ3n) is 2.06. The molecule has 0 bridgehead atoms. The summed E-state index contributed by atoms with van der Waals surface area (Å²) in [4.78, 5) is 0. The molecular weight excluding hydrogens is 249 g/mol. The minimum atomic E-state index is 0.226. The summed E-state index contributed by atoms with van der Waals surface area (Å²) in [5.41, 5.74) is 2.22. The lowest BCUT2D eigenvalue weighted by atomic mass is 10.0. The summed E-state index contributed by atoms with van der Waals surface area (Å²) in [5.74, 6) is 0. The smallest absolute Gasteiger partial charge is 0.0992 e. The van der Waals surface area contributed by atoms with Crippen molar-refractivity contribution in [2.45, 2.75) is 26.3 Å². The van der Waals surface area contributed by atoms with E-state index in [0.717, 1.165) is 32.8 Å². The van der Waals surface area contributed by atoms with E-state index in [4.69, 9.17) is 23.2 Å². The number of hydrogen-bond donors (Lipinski definition) is 1. The molecule has 1 unspecified atom stereocenters. The fraction of sp³-hybridized carbons (Fsp3) is 0.455. The summed E-state index contributed by atoms with van der Waals surface area (Å²) >= 11 is 13.5. The molecule has 0 aliphatic rings. The highest BCUT2D eigenvalue weighted by atomic mass is 35.5. The molecule has 4 heteroatoms. The summed E-state index contributed by atoms with van der Waals surface area (Å²) in [6.45, 7) is 8.93. The Bertz CT molecular complexity index is 346. The van der Waals surface area contributed by atoms with E-state index in [1.165, 1.54) is 11.3 Å². The Morgan fingerprint density at radius 2 is 2.27 bits per heavy atom. The SMILES string of the molecule is C=C(C)CC(NCC)c1cc(Cl)sc1Cl. The van der Waals surface area contributed by atoms with E-state index < -0.39 is 0 Å². The van der Waals surface area contributed by atoms with E-state index in [9.17, 15) is 0 Å². The molecule has 1 aromatic rings. The maximum atomic E-state index is 6.12. The van der Waals surface area contributed by atoms with Crippen molar-refractivity contribution in [3.63, 3.8) is 0 Å². The van der Waals surface area contributed by atoms with Crippen LogP contribution in [0.2, 0.25) is 8.67 Å². The zero-order chi connectivity index (χ0) is 11.4. The van der Waals surface area contributed by atoms with Crippen molar-refractivity contribution in [3.8, 4) is 0 Å². The van der Waals surface area contributed by atoms with Gasteiger partial charge in [0.1, 0.15) is 0 Å². The van der Waals surface area contributed by atoms with Gasteiger partial charge in [-0.3, -0.25) is 0 Å². The van der Waals surface area contributed by atoms with E-state index in [-0.39, 0.29) is 6.04 Å². The monoisotopic (exact) mass is 263 g/mol. The Balaban J connectivity index is 2.87. The molecule has 1 N–H and O–H groups in total. The van der Waals surface area contributed by atoms with Crippen molar-refractivity contribution in [2.24, 2.45) is 0 Å². The third kappa shape index (κ3) is 3.80. The molecule has 0 amide bonds. The van der Waals surface area contributed by atoms with Crippen molar-refractivity contribution < 1.29 is 0 Å². The van der Waals surface area contributed by atoms with Crippen LogP contribution in [0.15, 0.2) is 18.2 Å². The van der Waals surface area contributed by atoms with Gasteiger partial charge in [0.25, 0.3) is 0 Å². The number of thiophene rings is 1. The predicted octanol–water partition coefficient (Wildman–Crippen LogP) is 4.67. The van der Waals surface area contributed by atoms with Crippen LogP contribution in [-0.4, -0.2) is 6.54 Å². The van der Waals surface area contributed by atoms with Gasteiger partial charge in [0.2, 0.25) is 0 Å². The van der Waals surface area contributed by atoms with E-state index in [2.05, 4.69) is 18.8 Å². The number of rotatable bonds is 5. The van der Waals surface area contributed by atoms with Crippen LogP contribution >= 0.6 is 34.5 Å². The van der Waals surface area contributed by atoms with Crippen LogP contribution in [0.4, 0.5) is 0 Å². The Labute approximate surface area is 105 Å². The lowest BCUT2D eigenvalue weighted by Gasteiger charge is -2.17. The molecule has 1 heterocycles. The second-order valence-electron chi connectivity index (χ2n) is 3.55. The van der Waals surface area contributed by atoms with Crippen molar-refractivity contribution in [3.05, 3.63) is 32.5 Å². The molecule has 0 spiro atoms. The highest BCUT2D eigenvalue weighted by Gasteiger charge is 2.16. The topological polar surface area (TPSA) is 12.0 Å². The third-order valence-corrected chi connectivity index (χ3v) is 3.58. The lowest BCUT2D eigenvalue weighted by molar-refractivity contribution is 0.550. The number of nitrogens with one attached hydrogen (secondary N) is 1. The molecule has 0 aliphatic carbocycles. The van der Waals surface area contributed by atoms with Crippen LogP contribution in [-0.2, 0) is 0 Å². The first kappa shape index (κ1) is 13.0. The summed E-state index contributed by atoms with van der Waals surface area (Å²) in [6.07, 6.45) is 0.890. The fourth-order valence-corrected chi connectivity index (χ4v) is 3.06. The van der Waals surface area contributed by atoms with Crippen LogP contribution in [0.25, 0.3) is 0 Å². The zero-order valence-electron chi connectivity index (χ0n) is 8.94. The first-order chi connectivity index (χ1) is 7.04. The zero-order valence-corrected chi connectivity index (χ0v) is 11.3. The van der Waals surface area contributed by atoms with Crippen LogP contribution in [0.5, 0.6) is 0 Å². The minimum absolute atomic E-state index is 0.226. The van der Waals surface area contributed by atoms with E-state index in [0.29, 0.717) is 0 Å². The van der Waals surface area contributed by atoms with Gasteiger partial charge >= 0.3 is 0 Å². The predicted molar refractivity (Wildman–Crippen MR) is 70.2 cm³/mol. The maximum absolute atomic E-state index is 6.12. The average molecular weight is 264 g/mol. The van der Waals surface area contributed by atoms with Gasteiger partial charge in [0, 0.05) is 11.6 Å². The molecule has 0 aromatic carbocycles. The Morgan fingerprint density at radius 1 is 1.60 bits per heavy atom. The highest BCUT2D eigenvalue weighted by Crippen LogP contribution is 2.36. The largest absolute Gasteiger partial charge is 0.310 e. The molecule has 0 saturated heterocycles. The van der Waals surface area contributed by atoms with Gasteiger partial charge in [-0.25, -0.2) is 0 Å². The Kier molecular flexibility index (Phi) is 5.13. The van der Waals surface area contributed by atoms with Gasteiger partial charge in [-0.15, -0.1) is 17.9 Å². The second-order valence-corrected chi connectivity index (χ2v) is 5.84. The average Bonchev–Trinajstić information content (AvgIpc) is 2.44. The van der Waals surface area contributed by atoms with Gasteiger partial charge in [-0.05, 0) is 26.0 Å². The molecule has 1 atom stereocenters. The molecule has 0 radical (unpaired) electrons. The first-order valence-electron chi connectivity index (χ1n) is 4.87. The molecule has 84 valence electrons. The van der Waals surface area contributed by atoms with Crippen molar-refractivity contribution in [1.29, 1.82) is 0 Å². The first-order valence-corrected chi connectivity index (χ1v) is 6.44. The van der Waals surface area contributed by atoms with Gasteiger partial charge < -0.3 is 5.32 Å². The van der Waals surface area contributed by atoms with Crippen LogP contribution < -0.4 is 5.32 Å². The standard InChI is InChI=1S/C11H15Cl2NS/c1-4-14-9(5-7(2)3)8-6-10(12)15-11(8)13/h6,9,14H,2,4-5H2,1,3H3. The molecule has 0 aliphatic heterocycles. The second kappa shape index (κ2) is 5.90. The number of halogens is 2. The van der Waals surface area contributed by atoms with Crippen molar-refractivity contribution in [1.82, 2.24) is 5.32 Å². The van der Waals surface area contributed by atoms with Crippen LogP contribution in [0, 0.1) is 0 Å². The van der Waals surface area contributed by atoms with Crippen LogP contribution in [0.3, 0.4) is 0 Å². The van der Waals surface area contributed by atoms with Gasteiger partial charge in [-0.2, -0.15) is 0 Å². The molecular formula is C11H15Cl2NS. The van der Waals surface area contributed by atoms with Crippen molar-refractivity contribution >= 4 is 34.5 Å². The van der Waals surface area contributed by atoms with E-state index in [1.54, 1.807) is 0 Å². The number of hydrogen-bond acceptors (Lipinski definition) is 2. The highest BCUT2D eigenvalue weighted by molar-refractivity contribution is 7.20. The summed E-state index contributed by atoms with van der Waals surface area (Å²) in [5, 5.41) is 3.39. The summed E-state index contributed by atoms with van der Waals surface area (Å²) < 4.78 is 1.51. The fourth-order valence-electron chi connectivity index (χ4n) is 1.48. The van der Waals surface area contributed by atoms with Gasteiger partial charge in [-0.1, -0.05) is 35.7 Å². The summed E-state index contributed by atoms with van der Waals surface area (Å²) in [6, 6.07) is 2.16. The Hall–Kier alpha value is -0.0200. The minimum Gasteiger partial charge on any atom is -0.310 e. The van der Waals surface area contributed by atoms with Crippen LogP contribution in [0.1, 0.15) is 31.9 Å². The molecule has 1 nitrogen and oxygen atoms in total. The molecule has 15 heavy (non-hydrogen) atoms. The molecule has 0 saturated carbocycles. The van der Waals surface area contributed by atoms with E-state index >= 15 is 0 Å². The van der Waals surface area contributed by atoms with Gasteiger partial charge in [0.05, 0.1) is 8.67 Å². The quantitative estimate of drug-likeness (QED) is 0.762. The lowest BCUT2D eigenvalue weighted by Crippen LogP contribution is -2.20. The van der Waals surface area contributed by atoms with E-state index in [1.807, 2.05) is 13.0 Å². The normalized spacial score (nSPS) is 12.8. The van der Waals surface area contributed by atoms with Crippen molar-refractivity contribution in [2.75, 3.05) is 6.54 Å². The van der Waals surface area contributed by atoms with Gasteiger partial charge in [0.15, 0.2) is 0 Å². The molecule has 0 fully saturated rings. The Morgan fingerprint density at radius 3 is 2.67 bits per heavy atom. The summed E-state index contributed by atoms with van der Waals surface area (Å²) in [7, 11) is 0. The molecule has 1 rings (SSSR count).